The molecule has 19 heavy (non-hydrogen) atoms. The first-order valence-corrected chi connectivity index (χ1v) is 7.40. The fraction of sp³-hybridized carbons (Fsp3) is 0.625. The fourth-order valence-corrected chi connectivity index (χ4v) is 2.92. The van der Waals surface area contributed by atoms with E-state index in [-0.39, 0.29) is 5.82 Å². The topological polar surface area (TPSA) is 15.3 Å². The summed E-state index contributed by atoms with van der Waals surface area (Å²) in [6.07, 6.45) is 2.47. The monoisotopic (exact) mass is 264 g/mol. The second-order valence-corrected chi connectivity index (χ2v) is 5.57. The number of anilines is 1. The van der Waals surface area contributed by atoms with Gasteiger partial charge in [-0.2, -0.15) is 0 Å². The van der Waals surface area contributed by atoms with E-state index in [1.54, 1.807) is 6.07 Å². The molecule has 1 aromatic rings. The molecule has 0 saturated carbocycles. The van der Waals surface area contributed by atoms with E-state index in [0.717, 1.165) is 24.3 Å². The van der Waals surface area contributed by atoms with Crippen LogP contribution in [0.4, 0.5) is 10.1 Å². The summed E-state index contributed by atoms with van der Waals surface area (Å²) < 4.78 is 14.1. The first-order valence-electron chi connectivity index (χ1n) is 7.40. The van der Waals surface area contributed by atoms with Gasteiger partial charge in [0, 0.05) is 30.4 Å². The van der Waals surface area contributed by atoms with Gasteiger partial charge in [0.1, 0.15) is 5.82 Å². The van der Waals surface area contributed by atoms with Gasteiger partial charge in [-0.3, -0.25) is 0 Å². The average Bonchev–Trinajstić information content (AvgIpc) is 2.40. The van der Waals surface area contributed by atoms with E-state index in [1.807, 2.05) is 13.0 Å². The van der Waals surface area contributed by atoms with E-state index >= 15 is 0 Å². The van der Waals surface area contributed by atoms with Crippen LogP contribution in [0.5, 0.6) is 0 Å². The molecule has 2 atom stereocenters. The van der Waals surface area contributed by atoms with E-state index in [4.69, 9.17) is 0 Å². The molecular formula is C16H25FN2. The maximum absolute atomic E-state index is 14.1. The molecule has 1 aliphatic heterocycles. The molecule has 1 aliphatic rings. The molecular weight excluding hydrogens is 239 g/mol. The molecule has 0 bridgehead atoms. The van der Waals surface area contributed by atoms with Crippen LogP contribution in [0.25, 0.3) is 0 Å². The van der Waals surface area contributed by atoms with Crippen LogP contribution < -0.4 is 10.2 Å². The summed E-state index contributed by atoms with van der Waals surface area (Å²) in [5.41, 5.74) is 1.88. The van der Waals surface area contributed by atoms with Crippen molar-refractivity contribution in [2.45, 2.75) is 46.2 Å². The molecule has 2 nitrogen and oxygen atoms in total. The van der Waals surface area contributed by atoms with Gasteiger partial charge in [-0.25, -0.2) is 4.39 Å². The Kier molecular flexibility index (Phi) is 4.81. The molecule has 1 N–H and O–H groups in total. The third-order valence-electron chi connectivity index (χ3n) is 4.33. The Hall–Kier alpha value is -1.09. The maximum Gasteiger partial charge on any atom is 0.129 e. The summed E-state index contributed by atoms with van der Waals surface area (Å²) in [4.78, 5) is 2.38. The van der Waals surface area contributed by atoms with Gasteiger partial charge >= 0.3 is 0 Å². The summed E-state index contributed by atoms with van der Waals surface area (Å²) >= 11 is 0. The van der Waals surface area contributed by atoms with Crippen LogP contribution in [0.1, 0.15) is 39.2 Å². The van der Waals surface area contributed by atoms with Crippen molar-refractivity contribution in [3.05, 3.63) is 29.6 Å². The van der Waals surface area contributed by atoms with Gasteiger partial charge in [0.25, 0.3) is 0 Å². The van der Waals surface area contributed by atoms with Crippen molar-refractivity contribution in [1.29, 1.82) is 0 Å². The lowest BCUT2D eigenvalue weighted by atomic mass is 9.91. The molecule has 1 heterocycles. The molecule has 0 radical (unpaired) electrons. The number of rotatable bonds is 4. The van der Waals surface area contributed by atoms with Gasteiger partial charge in [-0.15, -0.1) is 0 Å². The minimum absolute atomic E-state index is 0.0936. The Morgan fingerprint density at radius 3 is 2.89 bits per heavy atom. The van der Waals surface area contributed by atoms with Crippen LogP contribution in [-0.4, -0.2) is 19.1 Å². The van der Waals surface area contributed by atoms with E-state index in [1.165, 1.54) is 12.8 Å². The van der Waals surface area contributed by atoms with Gasteiger partial charge in [0.15, 0.2) is 0 Å². The van der Waals surface area contributed by atoms with Crippen LogP contribution in [-0.2, 0) is 6.54 Å². The highest BCUT2D eigenvalue weighted by atomic mass is 19.1. The normalized spacial score (nSPS) is 23.7. The predicted molar refractivity (Wildman–Crippen MR) is 79.0 cm³/mol. The number of benzene rings is 1. The molecule has 2 unspecified atom stereocenters. The maximum atomic E-state index is 14.1. The number of nitrogens with zero attached hydrogens (tertiary/aromatic N) is 1. The van der Waals surface area contributed by atoms with Gasteiger partial charge in [-0.1, -0.05) is 19.9 Å². The van der Waals surface area contributed by atoms with Gasteiger partial charge < -0.3 is 10.2 Å². The quantitative estimate of drug-likeness (QED) is 0.894. The van der Waals surface area contributed by atoms with Crippen molar-refractivity contribution in [3.63, 3.8) is 0 Å². The van der Waals surface area contributed by atoms with E-state index in [0.29, 0.717) is 18.5 Å². The Balaban J connectivity index is 2.29. The first-order chi connectivity index (χ1) is 9.15. The SMILES string of the molecule is CCNCc1c(F)cccc1N1CCCC(C)C1C. The average molecular weight is 264 g/mol. The van der Waals surface area contributed by atoms with E-state index < -0.39 is 0 Å². The molecule has 0 spiro atoms. The Morgan fingerprint density at radius 2 is 2.16 bits per heavy atom. The van der Waals surface area contributed by atoms with Crippen LogP contribution in [0, 0.1) is 11.7 Å². The van der Waals surface area contributed by atoms with Crippen LogP contribution in [0.2, 0.25) is 0 Å². The lowest BCUT2D eigenvalue weighted by molar-refractivity contribution is 0.362. The number of hydrogen-bond donors (Lipinski definition) is 1. The molecule has 1 saturated heterocycles. The lowest BCUT2D eigenvalue weighted by Gasteiger charge is -2.40. The lowest BCUT2D eigenvalue weighted by Crippen LogP contribution is -2.43. The molecule has 3 heteroatoms. The van der Waals surface area contributed by atoms with Crippen molar-refractivity contribution in [2.75, 3.05) is 18.0 Å². The van der Waals surface area contributed by atoms with Crippen molar-refractivity contribution in [3.8, 4) is 0 Å². The Bertz CT molecular complexity index is 419. The summed E-state index contributed by atoms with van der Waals surface area (Å²) in [6.45, 7) is 9.10. The summed E-state index contributed by atoms with van der Waals surface area (Å²) in [5.74, 6) is 0.577. The zero-order valence-electron chi connectivity index (χ0n) is 12.2. The molecule has 0 amide bonds. The van der Waals surface area contributed by atoms with Crippen LogP contribution in [0.3, 0.4) is 0 Å². The Labute approximate surface area is 116 Å². The third kappa shape index (κ3) is 3.08. The highest BCUT2D eigenvalue weighted by Gasteiger charge is 2.26. The highest BCUT2D eigenvalue weighted by Crippen LogP contribution is 2.31. The Morgan fingerprint density at radius 1 is 1.37 bits per heavy atom. The standard InChI is InChI=1S/C16H25FN2/c1-4-18-11-14-15(17)8-5-9-16(14)19-10-6-7-12(2)13(19)3/h5,8-9,12-13,18H,4,6-7,10-11H2,1-3H3. The van der Waals surface area contributed by atoms with E-state index in [2.05, 4.69) is 30.1 Å². The molecule has 2 rings (SSSR count). The minimum atomic E-state index is -0.0936. The summed E-state index contributed by atoms with van der Waals surface area (Å²) in [7, 11) is 0. The van der Waals surface area contributed by atoms with E-state index in [9.17, 15) is 4.39 Å². The summed E-state index contributed by atoms with van der Waals surface area (Å²) in [5, 5.41) is 3.24. The van der Waals surface area contributed by atoms with Gasteiger partial charge in [0.05, 0.1) is 0 Å². The molecule has 0 aromatic heterocycles. The van der Waals surface area contributed by atoms with Crippen molar-refractivity contribution >= 4 is 5.69 Å². The second kappa shape index (κ2) is 6.38. The van der Waals surface area contributed by atoms with Crippen molar-refractivity contribution in [2.24, 2.45) is 5.92 Å². The van der Waals surface area contributed by atoms with Crippen molar-refractivity contribution in [1.82, 2.24) is 5.32 Å². The van der Waals surface area contributed by atoms with Crippen LogP contribution in [0.15, 0.2) is 18.2 Å². The smallest absolute Gasteiger partial charge is 0.129 e. The molecule has 1 fully saturated rings. The first kappa shape index (κ1) is 14.3. The molecule has 0 aliphatic carbocycles. The van der Waals surface area contributed by atoms with Gasteiger partial charge in [-0.05, 0) is 44.4 Å². The third-order valence-corrected chi connectivity index (χ3v) is 4.33. The minimum Gasteiger partial charge on any atom is -0.368 e. The van der Waals surface area contributed by atoms with Crippen LogP contribution >= 0.6 is 0 Å². The second-order valence-electron chi connectivity index (χ2n) is 5.57. The molecule has 1 aromatic carbocycles. The number of piperidine rings is 1. The fourth-order valence-electron chi connectivity index (χ4n) is 2.92. The van der Waals surface area contributed by atoms with Crippen molar-refractivity contribution < 1.29 is 4.39 Å². The molecule has 106 valence electrons. The largest absolute Gasteiger partial charge is 0.368 e. The highest BCUT2D eigenvalue weighted by molar-refractivity contribution is 5.55. The number of nitrogens with one attached hydrogen (secondary N) is 1. The zero-order chi connectivity index (χ0) is 13.8. The predicted octanol–water partition coefficient (Wildman–Crippen LogP) is 3.56. The van der Waals surface area contributed by atoms with Gasteiger partial charge in [0.2, 0.25) is 0 Å². The number of halogens is 1. The summed E-state index contributed by atoms with van der Waals surface area (Å²) in [6, 6.07) is 5.93. The number of hydrogen-bond acceptors (Lipinski definition) is 2. The zero-order valence-corrected chi connectivity index (χ0v) is 12.2.